The normalized spacial score (nSPS) is 27.0. The third-order valence-electron chi connectivity index (χ3n) is 1.37. The van der Waals surface area contributed by atoms with Crippen LogP contribution in [0, 0.1) is 0 Å². The average Bonchev–Trinajstić information content (AvgIpc) is 2.06. The minimum absolute atomic E-state index is 1.09. The summed E-state index contributed by atoms with van der Waals surface area (Å²) in [6.07, 6.45) is 2.93. The van der Waals surface area contributed by atoms with Gasteiger partial charge in [0.05, 0.1) is 0 Å². The van der Waals surface area contributed by atoms with Crippen molar-refractivity contribution in [3.63, 3.8) is 0 Å². The van der Waals surface area contributed by atoms with Gasteiger partial charge in [0.1, 0.15) is 0 Å². The molecule has 0 bridgehead atoms. The summed E-state index contributed by atoms with van der Waals surface area (Å²) in [5, 5.41) is 0. The van der Waals surface area contributed by atoms with Gasteiger partial charge in [0.2, 0.25) is 0 Å². The zero-order chi connectivity index (χ0) is 4.57. The van der Waals surface area contributed by atoms with Crippen LogP contribution in [0.25, 0.3) is 0 Å². The van der Waals surface area contributed by atoms with E-state index in [0.29, 0.717) is 0 Å². The Balaban J connectivity index is 2.13. The predicted octanol–water partition coefficient (Wildman–Crippen LogP) is 0.463. The molecule has 1 aliphatic rings. The van der Waals surface area contributed by atoms with E-state index in [1.165, 1.54) is 12.8 Å². The summed E-state index contributed by atoms with van der Waals surface area (Å²) < 4.78 is 6.80. The monoisotopic (exact) mass is 193 g/mol. The second-order valence-electron chi connectivity index (χ2n) is 2.20. The number of nitrogens with two attached hydrogens (primary N) is 1. The summed E-state index contributed by atoms with van der Waals surface area (Å²) in [5.41, 5.74) is 0. The van der Waals surface area contributed by atoms with Gasteiger partial charge < -0.3 is 0 Å². The first-order valence-corrected chi connectivity index (χ1v) is 9.66. The van der Waals surface area contributed by atoms with E-state index in [9.17, 15) is 0 Å². The van der Waals surface area contributed by atoms with E-state index in [1.807, 2.05) is 0 Å². The van der Waals surface area contributed by atoms with Crippen molar-refractivity contribution in [1.29, 1.82) is 0 Å². The quantitative estimate of drug-likeness (QED) is 0.600. The van der Waals surface area contributed by atoms with E-state index in [2.05, 4.69) is 4.94 Å². The predicted molar refractivity (Wildman–Crippen MR) is 30.2 cm³/mol. The van der Waals surface area contributed by atoms with Crippen LogP contribution in [-0.4, -0.2) is 20.0 Å². The molecule has 1 saturated carbocycles. The second kappa shape index (κ2) is 1.70. The van der Waals surface area contributed by atoms with Crippen LogP contribution >= 0.6 is 0 Å². The third kappa shape index (κ3) is 1.12. The number of hydrogen-bond donors (Lipinski definition) is 1. The van der Waals surface area contributed by atoms with E-state index in [0.717, 1.165) is 3.93 Å². The van der Waals surface area contributed by atoms with Crippen LogP contribution < -0.4 is 3.96 Å². The van der Waals surface area contributed by atoms with Gasteiger partial charge in [-0.1, -0.05) is 0 Å². The zero-order valence-corrected chi connectivity index (χ0v) is 7.44. The van der Waals surface area contributed by atoms with Crippen LogP contribution in [0.15, 0.2) is 0 Å². The van der Waals surface area contributed by atoms with Gasteiger partial charge in [0, 0.05) is 0 Å². The summed E-state index contributed by atoms with van der Waals surface area (Å²) in [6, 6.07) is 0. The first-order valence-electron chi connectivity index (χ1n) is 2.56. The molecule has 2 heteroatoms. The Bertz CT molecular complexity index is 49.5. The molecule has 0 spiro atoms. The Kier molecular flexibility index (Phi) is 1.39. The molecule has 0 saturated heterocycles. The van der Waals surface area contributed by atoms with Gasteiger partial charge >= 0.3 is 45.7 Å². The summed E-state index contributed by atoms with van der Waals surface area (Å²) >= 11 is -1.19. The Morgan fingerprint density at radius 2 is 2.17 bits per heavy atom. The van der Waals surface area contributed by atoms with Crippen LogP contribution in [0.2, 0.25) is 8.87 Å². The van der Waals surface area contributed by atoms with Crippen molar-refractivity contribution in [3.05, 3.63) is 0 Å². The molecule has 0 radical (unpaired) electrons. The number of hydrogen-bond acceptors (Lipinski definition) is 1. The van der Waals surface area contributed by atoms with Crippen LogP contribution in [-0.2, 0) is 0 Å². The molecule has 0 heterocycles. The van der Waals surface area contributed by atoms with Crippen molar-refractivity contribution in [2.45, 2.75) is 21.7 Å². The molecular formula is C4H11NSn. The molecule has 36 valence electrons. The van der Waals surface area contributed by atoms with E-state index in [4.69, 9.17) is 3.96 Å². The Morgan fingerprint density at radius 3 is 2.17 bits per heavy atom. The van der Waals surface area contributed by atoms with Crippen LogP contribution in [0.3, 0.4) is 0 Å². The van der Waals surface area contributed by atoms with Crippen molar-refractivity contribution >= 4 is 20.0 Å². The molecular weight excluding hydrogens is 181 g/mol. The first-order chi connectivity index (χ1) is 2.80. The standard InChI is InChI=1S/C3H5.CH3.H2N.Sn.H/c1-2-3-1;;;;/h1H,2-3H2;1H3;1H2;;/q;;-1;+1;. The van der Waals surface area contributed by atoms with Gasteiger partial charge in [-0.3, -0.25) is 0 Å². The van der Waals surface area contributed by atoms with Gasteiger partial charge in [-0.15, -0.1) is 0 Å². The molecule has 0 aromatic heterocycles. The van der Waals surface area contributed by atoms with Gasteiger partial charge in [-0.05, 0) is 0 Å². The molecule has 2 N–H and O–H groups in total. The summed E-state index contributed by atoms with van der Waals surface area (Å²) in [4.78, 5) is 2.29. The SMILES string of the molecule is [CH3][SnH]([NH2])[CH]1CC1. The molecule has 0 aromatic rings. The van der Waals surface area contributed by atoms with E-state index in [-0.39, 0.29) is 0 Å². The molecule has 0 aliphatic heterocycles. The first kappa shape index (κ1) is 4.91. The molecule has 6 heavy (non-hydrogen) atoms. The van der Waals surface area contributed by atoms with E-state index in [1.54, 1.807) is 0 Å². The fourth-order valence-electron chi connectivity index (χ4n) is 0.622. The van der Waals surface area contributed by atoms with E-state index >= 15 is 0 Å². The molecule has 1 unspecified atom stereocenters. The second-order valence-corrected chi connectivity index (χ2v) is 9.79. The molecule has 1 rings (SSSR count). The molecule has 1 aliphatic carbocycles. The molecule has 1 fully saturated rings. The number of rotatable bonds is 1. The maximum atomic E-state index is 5.71. The van der Waals surface area contributed by atoms with Crippen molar-refractivity contribution in [2.75, 3.05) is 0 Å². The summed E-state index contributed by atoms with van der Waals surface area (Å²) in [7, 11) is 0. The molecule has 1 nitrogen and oxygen atoms in total. The van der Waals surface area contributed by atoms with Crippen molar-refractivity contribution in [3.8, 4) is 0 Å². The van der Waals surface area contributed by atoms with Gasteiger partial charge in [0.15, 0.2) is 0 Å². The van der Waals surface area contributed by atoms with Gasteiger partial charge in [0.25, 0.3) is 0 Å². The fraction of sp³-hybridized carbons (Fsp3) is 1.00. The van der Waals surface area contributed by atoms with Gasteiger partial charge in [-0.2, -0.15) is 0 Å². The Morgan fingerprint density at radius 1 is 1.67 bits per heavy atom. The Labute approximate surface area is 46.0 Å². The summed E-state index contributed by atoms with van der Waals surface area (Å²) in [6.45, 7) is 0. The van der Waals surface area contributed by atoms with E-state index < -0.39 is 20.0 Å². The summed E-state index contributed by atoms with van der Waals surface area (Å²) in [5.74, 6) is 0. The topological polar surface area (TPSA) is 26.0 Å². The van der Waals surface area contributed by atoms with Crippen LogP contribution in [0.4, 0.5) is 0 Å². The minimum atomic E-state index is -1.19. The average molecular weight is 192 g/mol. The van der Waals surface area contributed by atoms with Crippen molar-refractivity contribution in [2.24, 2.45) is 3.96 Å². The fourth-order valence-corrected chi connectivity index (χ4v) is 4.17. The molecule has 0 aromatic carbocycles. The van der Waals surface area contributed by atoms with Crippen molar-refractivity contribution < 1.29 is 0 Å². The molecule has 0 amide bonds. The van der Waals surface area contributed by atoms with Crippen molar-refractivity contribution in [1.82, 2.24) is 0 Å². The Hall–Kier alpha value is 0.759. The zero-order valence-electron chi connectivity index (χ0n) is 4.15. The maximum absolute atomic E-state index is 5.71. The third-order valence-corrected chi connectivity index (χ3v) is 7.51. The molecule has 1 atom stereocenters. The van der Waals surface area contributed by atoms with Gasteiger partial charge in [-0.25, -0.2) is 0 Å². The van der Waals surface area contributed by atoms with Crippen LogP contribution in [0.1, 0.15) is 12.8 Å². The van der Waals surface area contributed by atoms with Crippen LogP contribution in [0.5, 0.6) is 0 Å².